The lowest BCUT2D eigenvalue weighted by atomic mass is 9.99. The largest absolute Gasteiger partial charge is 0.474 e. The number of amides is 1. The van der Waals surface area contributed by atoms with E-state index in [1.165, 1.54) is 18.3 Å². The molecular formula is C19H25FN4O4. The molecule has 0 aromatic carbocycles. The summed E-state index contributed by atoms with van der Waals surface area (Å²) in [6.07, 6.45) is 1.89. The highest BCUT2D eigenvalue weighted by Crippen LogP contribution is 2.31. The molecule has 1 aliphatic rings. The molecule has 2 atom stereocenters. The van der Waals surface area contributed by atoms with Crippen LogP contribution in [0.5, 0.6) is 5.88 Å². The first-order valence-electron chi connectivity index (χ1n) is 9.26. The minimum Gasteiger partial charge on any atom is -0.474 e. The average Bonchev–Trinajstić information content (AvgIpc) is 3.03. The van der Waals surface area contributed by atoms with Crippen LogP contribution in [0.1, 0.15) is 41.7 Å². The molecule has 0 spiro atoms. The monoisotopic (exact) mass is 392 g/mol. The van der Waals surface area contributed by atoms with Gasteiger partial charge in [0, 0.05) is 25.3 Å². The average molecular weight is 392 g/mol. The van der Waals surface area contributed by atoms with Crippen LogP contribution in [-0.4, -0.2) is 53.6 Å². The van der Waals surface area contributed by atoms with E-state index in [2.05, 4.69) is 15.4 Å². The Kier molecular flexibility index (Phi) is 6.58. The van der Waals surface area contributed by atoms with Gasteiger partial charge in [-0.2, -0.15) is 5.10 Å². The van der Waals surface area contributed by atoms with Gasteiger partial charge in [0.2, 0.25) is 5.88 Å². The summed E-state index contributed by atoms with van der Waals surface area (Å²) < 4.78 is 31.4. The van der Waals surface area contributed by atoms with Crippen LogP contribution in [0.25, 0.3) is 0 Å². The van der Waals surface area contributed by atoms with Crippen LogP contribution >= 0.6 is 0 Å². The summed E-state index contributed by atoms with van der Waals surface area (Å²) in [7, 11) is 1.60. The highest BCUT2D eigenvalue weighted by molar-refractivity contribution is 5.94. The summed E-state index contributed by atoms with van der Waals surface area (Å²) in [6, 6.07) is 2.76. The molecule has 0 bridgehead atoms. The van der Waals surface area contributed by atoms with Crippen LogP contribution in [0.4, 0.5) is 4.39 Å². The summed E-state index contributed by atoms with van der Waals surface area (Å²) in [5, 5.41) is 7.39. The summed E-state index contributed by atoms with van der Waals surface area (Å²) in [4.78, 5) is 16.7. The number of aromatic nitrogens is 3. The Morgan fingerprint density at radius 3 is 3.00 bits per heavy atom. The second kappa shape index (κ2) is 9.11. The topological polar surface area (TPSA) is 87.5 Å². The van der Waals surface area contributed by atoms with Gasteiger partial charge in [-0.1, -0.05) is 0 Å². The Balaban J connectivity index is 1.68. The van der Waals surface area contributed by atoms with Crippen LogP contribution in [0, 0.1) is 5.82 Å². The van der Waals surface area contributed by atoms with Gasteiger partial charge in [0.15, 0.2) is 5.82 Å². The van der Waals surface area contributed by atoms with Crippen LogP contribution in [-0.2, 0) is 22.4 Å². The van der Waals surface area contributed by atoms with E-state index in [9.17, 15) is 9.18 Å². The molecule has 0 saturated carbocycles. The Morgan fingerprint density at radius 2 is 2.25 bits per heavy atom. The molecule has 2 aromatic rings. The smallest absolute Gasteiger partial charge is 0.269 e. The van der Waals surface area contributed by atoms with Crippen molar-refractivity contribution in [1.29, 1.82) is 0 Å². The number of nitrogens with zero attached hydrogens (tertiary/aromatic N) is 3. The molecule has 0 fully saturated rings. The maximum Gasteiger partial charge on any atom is 0.269 e. The third-order valence-electron chi connectivity index (χ3n) is 4.47. The zero-order valence-corrected chi connectivity index (χ0v) is 16.3. The number of hydrogen-bond acceptors (Lipinski definition) is 6. The maximum atomic E-state index is 13.5. The van der Waals surface area contributed by atoms with Crippen molar-refractivity contribution in [3.8, 4) is 5.88 Å². The van der Waals surface area contributed by atoms with Crippen molar-refractivity contribution in [2.75, 3.05) is 26.9 Å². The zero-order chi connectivity index (χ0) is 20.1. The Labute approximate surface area is 163 Å². The van der Waals surface area contributed by atoms with Crippen LogP contribution in [0.2, 0.25) is 0 Å². The van der Waals surface area contributed by atoms with Crippen molar-refractivity contribution in [3.05, 3.63) is 41.1 Å². The van der Waals surface area contributed by atoms with Crippen molar-refractivity contribution in [1.82, 2.24) is 20.1 Å². The number of halogens is 1. The van der Waals surface area contributed by atoms with Gasteiger partial charge in [0.25, 0.3) is 5.91 Å². The molecule has 152 valence electrons. The molecule has 0 aliphatic carbocycles. The number of carbonyl (C=O) groups is 1. The van der Waals surface area contributed by atoms with E-state index in [0.717, 1.165) is 11.3 Å². The summed E-state index contributed by atoms with van der Waals surface area (Å²) in [5.74, 6) is -0.876. The Bertz CT molecular complexity index is 826. The first kappa shape index (κ1) is 20.2. The number of methoxy groups -OCH3 is 1. The fourth-order valence-electron chi connectivity index (χ4n) is 3.26. The van der Waals surface area contributed by atoms with E-state index in [0.29, 0.717) is 25.3 Å². The lowest BCUT2D eigenvalue weighted by molar-refractivity contribution is -0.00716. The third-order valence-corrected chi connectivity index (χ3v) is 4.47. The second-order valence-corrected chi connectivity index (χ2v) is 6.62. The first-order valence-corrected chi connectivity index (χ1v) is 9.26. The van der Waals surface area contributed by atoms with E-state index in [-0.39, 0.29) is 37.1 Å². The SMILES string of the molecule is COCCn1nc2c(c1C(=O)NCCOc1ncccc1F)C[C@H](C)O[C@@H]2C. The van der Waals surface area contributed by atoms with E-state index in [1.54, 1.807) is 11.8 Å². The zero-order valence-electron chi connectivity index (χ0n) is 16.3. The van der Waals surface area contributed by atoms with Crippen molar-refractivity contribution in [2.45, 2.75) is 39.0 Å². The van der Waals surface area contributed by atoms with E-state index >= 15 is 0 Å². The molecule has 28 heavy (non-hydrogen) atoms. The predicted molar refractivity (Wildman–Crippen MR) is 98.8 cm³/mol. The van der Waals surface area contributed by atoms with Crippen molar-refractivity contribution in [3.63, 3.8) is 0 Å². The minimum atomic E-state index is -0.538. The number of ether oxygens (including phenoxy) is 3. The molecule has 9 heteroatoms. The van der Waals surface area contributed by atoms with Gasteiger partial charge in [-0.15, -0.1) is 0 Å². The molecule has 1 amide bonds. The number of carbonyl (C=O) groups excluding carboxylic acids is 1. The third kappa shape index (κ3) is 4.48. The maximum absolute atomic E-state index is 13.5. The highest BCUT2D eigenvalue weighted by atomic mass is 19.1. The van der Waals surface area contributed by atoms with Gasteiger partial charge in [-0.25, -0.2) is 9.37 Å². The van der Waals surface area contributed by atoms with Gasteiger partial charge < -0.3 is 19.5 Å². The summed E-state index contributed by atoms with van der Waals surface area (Å²) >= 11 is 0. The van der Waals surface area contributed by atoms with Crippen molar-refractivity contribution >= 4 is 5.91 Å². The lowest BCUT2D eigenvalue weighted by Gasteiger charge is -2.24. The van der Waals surface area contributed by atoms with Gasteiger partial charge in [0.1, 0.15) is 12.3 Å². The van der Waals surface area contributed by atoms with Crippen molar-refractivity contribution in [2.24, 2.45) is 0 Å². The Morgan fingerprint density at radius 1 is 1.43 bits per heavy atom. The fraction of sp³-hybridized carbons (Fsp3) is 0.526. The molecule has 3 heterocycles. The van der Waals surface area contributed by atoms with E-state index in [4.69, 9.17) is 14.2 Å². The molecule has 1 N–H and O–H groups in total. The minimum absolute atomic E-state index is 0.00425. The standard InChI is InChI=1S/C19H25FN4O4/c1-12-11-14-16(13(2)28-12)23-24(8-10-26-3)17(14)18(25)21-7-9-27-19-15(20)5-4-6-22-19/h4-6,12-13H,7-11H2,1-3H3,(H,21,25)/t12-,13+/m0/s1. The first-order chi connectivity index (χ1) is 13.5. The molecule has 3 rings (SSSR count). The molecule has 0 radical (unpaired) electrons. The van der Waals surface area contributed by atoms with E-state index < -0.39 is 5.82 Å². The van der Waals surface area contributed by atoms with E-state index in [1.807, 2.05) is 13.8 Å². The van der Waals surface area contributed by atoms with Gasteiger partial charge in [0.05, 0.1) is 37.6 Å². The van der Waals surface area contributed by atoms with Crippen molar-refractivity contribution < 1.29 is 23.4 Å². The number of rotatable bonds is 8. The van der Waals surface area contributed by atoms with Gasteiger partial charge in [-0.3, -0.25) is 9.48 Å². The molecular weight excluding hydrogens is 367 g/mol. The molecule has 2 aromatic heterocycles. The Hall–Kier alpha value is -2.52. The summed E-state index contributed by atoms with van der Waals surface area (Å²) in [5.41, 5.74) is 2.20. The summed E-state index contributed by atoms with van der Waals surface area (Å²) in [6.45, 7) is 5.11. The normalized spacial score (nSPS) is 18.6. The number of hydrogen-bond donors (Lipinski definition) is 1. The molecule has 8 nitrogen and oxygen atoms in total. The quantitative estimate of drug-likeness (QED) is 0.691. The lowest BCUT2D eigenvalue weighted by Crippen LogP contribution is -2.32. The van der Waals surface area contributed by atoms with Gasteiger partial charge in [-0.05, 0) is 26.0 Å². The second-order valence-electron chi connectivity index (χ2n) is 6.62. The number of pyridine rings is 1. The predicted octanol–water partition coefficient (Wildman–Crippen LogP) is 1.89. The van der Waals surface area contributed by atoms with Gasteiger partial charge >= 0.3 is 0 Å². The number of fused-ring (bicyclic) bond motifs is 1. The molecule has 0 unspecified atom stereocenters. The number of nitrogens with one attached hydrogen (secondary N) is 1. The van der Waals surface area contributed by atoms with Crippen LogP contribution < -0.4 is 10.1 Å². The van der Waals surface area contributed by atoms with Crippen LogP contribution in [0.3, 0.4) is 0 Å². The molecule has 1 aliphatic heterocycles. The fourth-order valence-corrected chi connectivity index (χ4v) is 3.26. The van der Waals surface area contributed by atoms with Crippen LogP contribution in [0.15, 0.2) is 18.3 Å². The molecule has 0 saturated heterocycles. The highest BCUT2D eigenvalue weighted by Gasteiger charge is 2.31.